The molecule has 0 amide bonds. The molecule has 1 aliphatic carbocycles. The lowest BCUT2D eigenvalue weighted by Crippen LogP contribution is -1.95. The first-order chi connectivity index (χ1) is 9.81. The molecule has 2 aromatic heterocycles. The van der Waals surface area contributed by atoms with Crippen LogP contribution < -0.4 is 0 Å². The van der Waals surface area contributed by atoms with E-state index < -0.39 is 0 Å². The summed E-state index contributed by atoms with van der Waals surface area (Å²) in [6, 6.07) is 10.2. The van der Waals surface area contributed by atoms with Crippen LogP contribution in [0.1, 0.15) is 24.3 Å². The molecule has 1 fully saturated rings. The van der Waals surface area contributed by atoms with Crippen LogP contribution in [0, 0.1) is 0 Å². The highest BCUT2D eigenvalue weighted by atomic mass is 35.5. The molecule has 0 aliphatic heterocycles. The van der Waals surface area contributed by atoms with Gasteiger partial charge in [-0.15, -0.1) is 0 Å². The third-order valence-electron chi connectivity index (χ3n) is 3.67. The smallest absolute Gasteiger partial charge is 0.222 e. The summed E-state index contributed by atoms with van der Waals surface area (Å²) in [5.41, 5.74) is 4.11. The average molecular weight is 282 g/mol. The van der Waals surface area contributed by atoms with Gasteiger partial charge in [-0.3, -0.25) is 4.98 Å². The third-order valence-corrected chi connectivity index (χ3v) is 3.85. The molecule has 98 valence electrons. The number of hydrogen-bond acceptors (Lipinski definition) is 3. The van der Waals surface area contributed by atoms with Gasteiger partial charge >= 0.3 is 0 Å². The first kappa shape index (κ1) is 11.8. The van der Waals surface area contributed by atoms with Crippen LogP contribution in [-0.2, 0) is 0 Å². The van der Waals surface area contributed by atoms with Gasteiger partial charge in [-0.05, 0) is 42.5 Å². The van der Waals surface area contributed by atoms with Gasteiger partial charge in [0.05, 0.1) is 11.2 Å². The van der Waals surface area contributed by atoms with E-state index in [4.69, 9.17) is 11.6 Å². The van der Waals surface area contributed by atoms with Crippen LogP contribution in [-0.4, -0.2) is 15.0 Å². The van der Waals surface area contributed by atoms with Crippen LogP contribution in [0.15, 0.2) is 42.7 Å². The quantitative estimate of drug-likeness (QED) is 0.660. The Balaban J connectivity index is 1.91. The number of benzene rings is 1. The molecular weight excluding hydrogens is 270 g/mol. The van der Waals surface area contributed by atoms with Crippen molar-refractivity contribution in [2.24, 2.45) is 0 Å². The summed E-state index contributed by atoms with van der Waals surface area (Å²) in [7, 11) is 0. The molecule has 20 heavy (non-hydrogen) atoms. The normalized spacial score (nSPS) is 14.7. The summed E-state index contributed by atoms with van der Waals surface area (Å²) < 4.78 is 0. The third kappa shape index (κ3) is 2.04. The van der Waals surface area contributed by atoms with E-state index in [1.54, 1.807) is 0 Å². The van der Waals surface area contributed by atoms with Gasteiger partial charge in [0.15, 0.2) is 0 Å². The van der Waals surface area contributed by atoms with Crippen molar-refractivity contribution in [1.82, 2.24) is 15.0 Å². The monoisotopic (exact) mass is 281 g/mol. The molecule has 4 rings (SSSR count). The molecule has 0 unspecified atom stereocenters. The minimum absolute atomic E-state index is 0.289. The van der Waals surface area contributed by atoms with Crippen molar-refractivity contribution in [2.45, 2.75) is 18.8 Å². The van der Waals surface area contributed by atoms with Gasteiger partial charge in [0.2, 0.25) is 5.28 Å². The molecule has 4 heteroatoms. The number of para-hydroxylation sites is 1. The van der Waals surface area contributed by atoms with Gasteiger partial charge in [0.25, 0.3) is 0 Å². The number of rotatable bonds is 2. The molecule has 0 saturated heterocycles. The van der Waals surface area contributed by atoms with Crippen LogP contribution >= 0.6 is 11.6 Å². The number of aromatic nitrogens is 3. The first-order valence-corrected chi connectivity index (χ1v) is 7.06. The Hall–Kier alpha value is -2.00. The Bertz CT molecular complexity index is 797. The van der Waals surface area contributed by atoms with E-state index in [-0.39, 0.29) is 5.28 Å². The molecule has 1 aliphatic rings. The summed E-state index contributed by atoms with van der Waals surface area (Å²) in [5, 5.41) is 1.40. The van der Waals surface area contributed by atoms with Gasteiger partial charge in [-0.1, -0.05) is 18.2 Å². The second kappa shape index (κ2) is 4.53. The van der Waals surface area contributed by atoms with E-state index in [0.29, 0.717) is 5.92 Å². The Morgan fingerprint density at radius 3 is 2.75 bits per heavy atom. The summed E-state index contributed by atoms with van der Waals surface area (Å²) in [6.45, 7) is 0. The van der Waals surface area contributed by atoms with Crippen molar-refractivity contribution in [3.63, 3.8) is 0 Å². The maximum atomic E-state index is 5.97. The van der Waals surface area contributed by atoms with E-state index in [1.807, 2.05) is 30.6 Å². The second-order valence-corrected chi connectivity index (χ2v) is 5.47. The van der Waals surface area contributed by atoms with Crippen LogP contribution in [0.25, 0.3) is 22.2 Å². The van der Waals surface area contributed by atoms with Crippen molar-refractivity contribution in [1.29, 1.82) is 0 Å². The molecule has 0 bridgehead atoms. The summed E-state index contributed by atoms with van der Waals surface area (Å²) in [4.78, 5) is 13.1. The topological polar surface area (TPSA) is 38.7 Å². The minimum Gasteiger partial charge on any atom is -0.256 e. The van der Waals surface area contributed by atoms with Crippen molar-refractivity contribution in [3.05, 3.63) is 53.6 Å². The van der Waals surface area contributed by atoms with Crippen molar-refractivity contribution >= 4 is 22.5 Å². The summed E-state index contributed by atoms with van der Waals surface area (Å²) >= 11 is 5.97. The Morgan fingerprint density at radius 2 is 1.90 bits per heavy atom. The molecular formula is C16H12ClN3. The maximum absolute atomic E-state index is 5.97. The van der Waals surface area contributed by atoms with E-state index in [0.717, 1.165) is 22.2 Å². The predicted octanol–water partition coefficient (Wildman–Crippen LogP) is 4.22. The molecule has 1 aromatic carbocycles. The second-order valence-electron chi connectivity index (χ2n) is 5.13. The standard InChI is InChI=1S/C16H12ClN3/c17-16-19-9-13(10-5-6-10)15(20-16)12-7-11-3-1-2-4-14(11)18-8-12/h1-4,7-10H,5-6H2. The first-order valence-electron chi connectivity index (χ1n) is 6.69. The largest absolute Gasteiger partial charge is 0.256 e. The summed E-state index contributed by atoms with van der Waals surface area (Å²) in [6.07, 6.45) is 6.14. The lowest BCUT2D eigenvalue weighted by Gasteiger charge is -2.08. The van der Waals surface area contributed by atoms with Crippen molar-refractivity contribution < 1.29 is 0 Å². The van der Waals surface area contributed by atoms with Crippen LogP contribution in [0.3, 0.4) is 0 Å². The zero-order chi connectivity index (χ0) is 13.5. The highest BCUT2D eigenvalue weighted by Gasteiger charge is 2.28. The maximum Gasteiger partial charge on any atom is 0.222 e. The van der Waals surface area contributed by atoms with Gasteiger partial charge < -0.3 is 0 Å². The van der Waals surface area contributed by atoms with E-state index >= 15 is 0 Å². The van der Waals surface area contributed by atoms with E-state index in [9.17, 15) is 0 Å². The van der Waals surface area contributed by atoms with Gasteiger partial charge in [0.1, 0.15) is 0 Å². The van der Waals surface area contributed by atoms with Crippen LogP contribution in [0.4, 0.5) is 0 Å². The highest BCUT2D eigenvalue weighted by molar-refractivity contribution is 6.28. The lowest BCUT2D eigenvalue weighted by atomic mass is 10.0. The SMILES string of the molecule is Clc1ncc(C2CC2)c(-c2cnc3ccccc3c2)n1. The molecule has 0 N–H and O–H groups in total. The van der Waals surface area contributed by atoms with Gasteiger partial charge in [0, 0.05) is 28.9 Å². The zero-order valence-corrected chi connectivity index (χ0v) is 11.5. The van der Waals surface area contributed by atoms with Gasteiger partial charge in [-0.2, -0.15) is 0 Å². The van der Waals surface area contributed by atoms with Crippen LogP contribution in [0.5, 0.6) is 0 Å². The average Bonchev–Trinajstić information content (AvgIpc) is 3.31. The molecule has 1 saturated carbocycles. The minimum atomic E-state index is 0.289. The molecule has 3 aromatic rings. The number of fused-ring (bicyclic) bond motifs is 1. The highest BCUT2D eigenvalue weighted by Crippen LogP contribution is 2.43. The van der Waals surface area contributed by atoms with Crippen molar-refractivity contribution in [3.8, 4) is 11.3 Å². The fourth-order valence-electron chi connectivity index (χ4n) is 2.49. The van der Waals surface area contributed by atoms with Crippen molar-refractivity contribution in [2.75, 3.05) is 0 Å². The zero-order valence-electron chi connectivity index (χ0n) is 10.8. The van der Waals surface area contributed by atoms with E-state index in [1.165, 1.54) is 18.4 Å². The van der Waals surface area contributed by atoms with Crippen LogP contribution in [0.2, 0.25) is 5.28 Å². The predicted molar refractivity (Wildman–Crippen MR) is 79.8 cm³/mol. The fraction of sp³-hybridized carbons (Fsp3) is 0.188. The number of halogens is 1. The molecule has 0 spiro atoms. The molecule has 2 heterocycles. The molecule has 0 atom stereocenters. The Kier molecular flexibility index (Phi) is 2.67. The molecule has 3 nitrogen and oxygen atoms in total. The fourth-order valence-corrected chi connectivity index (χ4v) is 2.63. The Morgan fingerprint density at radius 1 is 1.05 bits per heavy atom. The number of hydrogen-bond donors (Lipinski definition) is 0. The number of pyridine rings is 1. The Labute approximate surface area is 121 Å². The lowest BCUT2D eigenvalue weighted by molar-refractivity contribution is 1.04. The van der Waals surface area contributed by atoms with E-state index in [2.05, 4.69) is 27.1 Å². The number of nitrogens with zero attached hydrogens (tertiary/aromatic N) is 3. The summed E-state index contributed by atoms with van der Waals surface area (Å²) in [5.74, 6) is 0.578. The molecule has 0 radical (unpaired) electrons. The van der Waals surface area contributed by atoms with Gasteiger partial charge in [-0.25, -0.2) is 9.97 Å².